The van der Waals surface area contributed by atoms with Gasteiger partial charge in [0.05, 0.1) is 27.8 Å². The minimum atomic E-state index is -3.60. The van der Waals surface area contributed by atoms with Crippen molar-refractivity contribution in [1.82, 2.24) is 18.8 Å². The van der Waals surface area contributed by atoms with Crippen molar-refractivity contribution in [3.63, 3.8) is 0 Å². The highest BCUT2D eigenvalue weighted by Crippen LogP contribution is 2.28. The van der Waals surface area contributed by atoms with E-state index in [4.69, 9.17) is 0 Å². The van der Waals surface area contributed by atoms with Crippen molar-refractivity contribution in [2.24, 2.45) is 0 Å². The second-order valence-electron chi connectivity index (χ2n) is 6.55. The van der Waals surface area contributed by atoms with Gasteiger partial charge in [0.15, 0.2) is 0 Å². The molecule has 3 aromatic rings. The van der Waals surface area contributed by atoms with Gasteiger partial charge in [0.1, 0.15) is 5.01 Å². The lowest BCUT2D eigenvalue weighted by atomic mass is 10.3. The van der Waals surface area contributed by atoms with Gasteiger partial charge in [-0.15, -0.1) is 11.3 Å². The molecule has 9 heteroatoms. The predicted octanol–water partition coefficient (Wildman–Crippen LogP) is 2.36. The lowest BCUT2D eigenvalue weighted by Gasteiger charge is -2.24. The lowest BCUT2D eigenvalue weighted by molar-refractivity contribution is 0.203. The van der Waals surface area contributed by atoms with Crippen molar-refractivity contribution in [1.29, 1.82) is 0 Å². The number of aromatic nitrogens is 2. The molecule has 0 radical (unpaired) electrons. The molecule has 0 saturated heterocycles. The molecular weight excluding hydrogens is 384 g/mol. The normalized spacial score (nSPS) is 13.6. The van der Waals surface area contributed by atoms with Crippen molar-refractivity contribution in [2.45, 2.75) is 24.5 Å². The molecule has 1 aromatic carbocycles. The summed E-state index contributed by atoms with van der Waals surface area (Å²) in [6.45, 7) is 2.27. The summed E-state index contributed by atoms with van der Waals surface area (Å²) < 4.78 is 28.3. The lowest BCUT2D eigenvalue weighted by Crippen LogP contribution is -2.32. The van der Waals surface area contributed by atoms with Crippen LogP contribution in [0.25, 0.3) is 10.2 Å². The molecule has 2 aromatic heterocycles. The first-order valence-electron chi connectivity index (χ1n) is 8.39. The molecule has 0 aliphatic carbocycles. The molecule has 0 aliphatic rings. The number of fused-ring (bicyclic) bond motifs is 1. The molecule has 0 amide bonds. The second-order valence-corrected chi connectivity index (χ2v) is 9.77. The summed E-state index contributed by atoms with van der Waals surface area (Å²) in [6.07, 6.45) is 1.39. The molecule has 0 bridgehead atoms. The van der Waals surface area contributed by atoms with Gasteiger partial charge in [-0.3, -0.25) is 9.69 Å². The molecule has 0 spiro atoms. The Labute approximate surface area is 162 Å². The van der Waals surface area contributed by atoms with E-state index in [0.29, 0.717) is 0 Å². The maximum absolute atomic E-state index is 12.3. The van der Waals surface area contributed by atoms with E-state index in [9.17, 15) is 13.2 Å². The third-order valence-electron chi connectivity index (χ3n) is 4.44. The van der Waals surface area contributed by atoms with E-state index in [0.717, 1.165) is 19.5 Å². The van der Waals surface area contributed by atoms with Gasteiger partial charge in [0, 0.05) is 26.4 Å². The Hall–Kier alpha value is -2.07. The second kappa shape index (κ2) is 7.51. The van der Waals surface area contributed by atoms with Crippen molar-refractivity contribution < 1.29 is 8.42 Å². The number of pyridine rings is 1. The van der Waals surface area contributed by atoms with Crippen molar-refractivity contribution in [3.8, 4) is 0 Å². The van der Waals surface area contributed by atoms with Crippen LogP contribution >= 0.6 is 11.3 Å². The van der Waals surface area contributed by atoms with Crippen molar-refractivity contribution in [2.75, 3.05) is 21.1 Å². The summed E-state index contributed by atoms with van der Waals surface area (Å²) in [5.41, 5.74) is 0.699. The Morgan fingerprint density at radius 1 is 1.15 bits per heavy atom. The molecular formula is C18H22N4O3S2. The molecule has 0 aliphatic heterocycles. The van der Waals surface area contributed by atoms with Gasteiger partial charge in [-0.25, -0.2) is 17.7 Å². The predicted molar refractivity (Wildman–Crippen MR) is 107 cm³/mol. The van der Waals surface area contributed by atoms with Crippen LogP contribution in [-0.2, 0) is 16.7 Å². The molecule has 0 saturated carbocycles. The van der Waals surface area contributed by atoms with Gasteiger partial charge < -0.3 is 4.57 Å². The maximum atomic E-state index is 12.3. The van der Waals surface area contributed by atoms with Gasteiger partial charge in [-0.05, 0) is 32.2 Å². The topological polar surface area (TPSA) is 75.5 Å². The van der Waals surface area contributed by atoms with E-state index >= 15 is 0 Å². The number of thiazole rings is 1. The third kappa shape index (κ3) is 3.96. The fourth-order valence-corrected chi connectivity index (χ4v) is 4.61. The first kappa shape index (κ1) is 19.7. The Balaban J connectivity index is 1.86. The molecule has 7 nitrogen and oxygen atoms in total. The molecule has 2 heterocycles. The van der Waals surface area contributed by atoms with E-state index in [1.165, 1.54) is 37.0 Å². The van der Waals surface area contributed by atoms with Gasteiger partial charge in [0.2, 0.25) is 10.0 Å². The zero-order chi connectivity index (χ0) is 19.8. The Morgan fingerprint density at radius 3 is 2.52 bits per heavy atom. The summed E-state index contributed by atoms with van der Waals surface area (Å²) in [5.74, 6) is 0. The largest absolute Gasteiger partial charge is 0.301 e. The summed E-state index contributed by atoms with van der Waals surface area (Å²) in [5, 5.41) is 0.948. The highest BCUT2D eigenvalue weighted by Gasteiger charge is 2.20. The first-order chi connectivity index (χ1) is 12.7. The number of para-hydroxylation sites is 1. The molecule has 0 fully saturated rings. The van der Waals surface area contributed by atoms with Gasteiger partial charge in [-0.2, -0.15) is 0 Å². The molecule has 0 unspecified atom stereocenters. The van der Waals surface area contributed by atoms with E-state index < -0.39 is 10.0 Å². The fourth-order valence-electron chi connectivity index (χ4n) is 2.60. The van der Waals surface area contributed by atoms with Crippen LogP contribution in [0.3, 0.4) is 0 Å². The zero-order valence-corrected chi connectivity index (χ0v) is 17.3. The van der Waals surface area contributed by atoms with E-state index in [1.807, 2.05) is 43.1 Å². The summed E-state index contributed by atoms with van der Waals surface area (Å²) in [4.78, 5) is 18.9. The van der Waals surface area contributed by atoms with Crippen LogP contribution in [0.1, 0.15) is 18.0 Å². The monoisotopic (exact) mass is 406 g/mol. The van der Waals surface area contributed by atoms with Crippen molar-refractivity contribution in [3.05, 3.63) is 58.0 Å². The number of hydrogen-bond acceptors (Lipinski definition) is 6. The molecule has 27 heavy (non-hydrogen) atoms. The molecule has 144 valence electrons. The minimum absolute atomic E-state index is 0.0246. The summed E-state index contributed by atoms with van der Waals surface area (Å²) in [6, 6.07) is 10.5. The quantitative estimate of drug-likeness (QED) is 0.628. The average Bonchev–Trinajstić information content (AvgIpc) is 3.06. The molecule has 1 atom stereocenters. The van der Waals surface area contributed by atoms with Crippen LogP contribution in [0.5, 0.6) is 0 Å². The van der Waals surface area contributed by atoms with Crippen LogP contribution in [0, 0.1) is 0 Å². The number of hydrogen-bond donors (Lipinski definition) is 0. The molecule has 0 N–H and O–H groups in total. The van der Waals surface area contributed by atoms with Crippen LogP contribution in [0.4, 0.5) is 0 Å². The zero-order valence-electron chi connectivity index (χ0n) is 15.7. The average molecular weight is 407 g/mol. The molecule has 3 rings (SSSR count). The highest BCUT2D eigenvalue weighted by molar-refractivity contribution is 7.89. The van der Waals surface area contributed by atoms with Gasteiger partial charge in [0.25, 0.3) is 5.56 Å². The van der Waals surface area contributed by atoms with Crippen LogP contribution in [0.15, 0.2) is 52.3 Å². The standard InChI is InChI=1S/C18H22N4O3S2/c1-13(18-19-15-7-5-6-8-16(15)26-18)21(4)12-22-11-14(9-10-17(22)23)27(24,25)20(2)3/h5-11,13H,12H2,1-4H3/t13-/m1/s1. The Kier molecular flexibility index (Phi) is 5.48. The Morgan fingerprint density at radius 2 is 1.85 bits per heavy atom. The smallest absolute Gasteiger partial charge is 0.251 e. The Bertz CT molecular complexity index is 1090. The number of sulfonamides is 1. The van der Waals surface area contributed by atoms with E-state index in [2.05, 4.69) is 4.98 Å². The van der Waals surface area contributed by atoms with Gasteiger partial charge >= 0.3 is 0 Å². The fraction of sp³-hybridized carbons (Fsp3) is 0.333. The summed E-state index contributed by atoms with van der Waals surface area (Å²) in [7, 11) is 1.22. The number of rotatable bonds is 6. The van der Waals surface area contributed by atoms with Crippen LogP contribution < -0.4 is 5.56 Å². The number of benzene rings is 1. The summed E-state index contributed by atoms with van der Waals surface area (Å²) >= 11 is 1.62. The third-order valence-corrected chi connectivity index (χ3v) is 7.44. The van der Waals surface area contributed by atoms with E-state index in [-0.39, 0.29) is 23.2 Å². The number of nitrogens with zero attached hydrogens (tertiary/aromatic N) is 4. The highest BCUT2D eigenvalue weighted by atomic mass is 32.2. The van der Waals surface area contributed by atoms with Crippen molar-refractivity contribution >= 4 is 31.6 Å². The van der Waals surface area contributed by atoms with Gasteiger partial charge in [-0.1, -0.05) is 12.1 Å². The first-order valence-corrected chi connectivity index (χ1v) is 10.6. The van der Waals surface area contributed by atoms with Crippen LogP contribution in [0.2, 0.25) is 0 Å². The van der Waals surface area contributed by atoms with E-state index in [1.54, 1.807) is 11.3 Å². The van der Waals surface area contributed by atoms with Crippen LogP contribution in [-0.4, -0.2) is 48.3 Å². The SMILES string of the molecule is C[C@H](c1nc2ccccc2s1)N(C)Cn1cc(S(=O)(=O)N(C)C)ccc1=O. The minimum Gasteiger partial charge on any atom is -0.301 e. The maximum Gasteiger partial charge on any atom is 0.251 e.